The van der Waals surface area contributed by atoms with Crippen molar-refractivity contribution in [2.75, 3.05) is 46.1 Å². The highest BCUT2D eigenvalue weighted by Crippen LogP contribution is 2.37. The molecule has 0 aromatic carbocycles. The van der Waals surface area contributed by atoms with Crippen molar-refractivity contribution in [1.82, 2.24) is 10.6 Å². The van der Waals surface area contributed by atoms with Crippen molar-refractivity contribution in [2.24, 2.45) is 17.3 Å². The maximum atomic E-state index is 12.6. The van der Waals surface area contributed by atoms with Crippen LogP contribution in [0, 0.1) is 17.3 Å². The molecule has 114 valence electrons. The second kappa shape index (κ2) is 6.41. The molecule has 3 heterocycles. The Kier molecular flexibility index (Phi) is 4.58. The van der Waals surface area contributed by atoms with E-state index >= 15 is 0 Å². The van der Waals surface area contributed by atoms with Crippen LogP contribution in [-0.4, -0.2) is 52.0 Å². The molecule has 2 atom stereocenters. The molecular weight excluding hydrogens is 256 g/mol. The van der Waals surface area contributed by atoms with Gasteiger partial charge in [-0.3, -0.25) is 4.79 Å². The van der Waals surface area contributed by atoms with Crippen molar-refractivity contribution in [2.45, 2.75) is 25.7 Å². The first kappa shape index (κ1) is 14.3. The third kappa shape index (κ3) is 2.85. The van der Waals surface area contributed by atoms with Crippen LogP contribution in [0.2, 0.25) is 0 Å². The topological polar surface area (TPSA) is 59.6 Å². The van der Waals surface area contributed by atoms with E-state index in [-0.39, 0.29) is 11.3 Å². The molecule has 3 aliphatic rings. The van der Waals surface area contributed by atoms with Crippen LogP contribution in [0.4, 0.5) is 0 Å². The fraction of sp³-hybridized carbons (Fsp3) is 0.933. The number of ether oxygens (including phenoxy) is 2. The van der Waals surface area contributed by atoms with E-state index in [1.54, 1.807) is 0 Å². The minimum absolute atomic E-state index is 0.194. The second-order valence-electron chi connectivity index (χ2n) is 6.43. The predicted molar refractivity (Wildman–Crippen MR) is 75.4 cm³/mol. The van der Waals surface area contributed by atoms with Gasteiger partial charge in [0.1, 0.15) is 0 Å². The van der Waals surface area contributed by atoms with Crippen LogP contribution in [0.25, 0.3) is 0 Å². The van der Waals surface area contributed by atoms with Gasteiger partial charge in [0.05, 0.1) is 12.0 Å². The zero-order valence-electron chi connectivity index (χ0n) is 12.2. The predicted octanol–water partition coefficient (Wildman–Crippen LogP) is 0.545. The largest absolute Gasteiger partial charge is 0.381 e. The third-order valence-electron chi connectivity index (χ3n) is 5.21. The van der Waals surface area contributed by atoms with E-state index in [0.717, 1.165) is 65.1 Å². The first-order valence-electron chi connectivity index (χ1n) is 7.96. The molecule has 0 radical (unpaired) electrons. The van der Waals surface area contributed by atoms with Crippen molar-refractivity contribution >= 4 is 5.91 Å². The maximum Gasteiger partial charge on any atom is 0.230 e. The fourth-order valence-corrected chi connectivity index (χ4v) is 3.77. The van der Waals surface area contributed by atoms with Gasteiger partial charge in [0, 0.05) is 32.9 Å². The summed E-state index contributed by atoms with van der Waals surface area (Å²) in [6.07, 6.45) is 4.34. The van der Waals surface area contributed by atoms with Crippen molar-refractivity contribution in [3.8, 4) is 0 Å². The minimum Gasteiger partial charge on any atom is -0.381 e. The molecule has 0 aromatic rings. The summed E-state index contributed by atoms with van der Waals surface area (Å²) < 4.78 is 11.0. The van der Waals surface area contributed by atoms with Gasteiger partial charge < -0.3 is 20.1 Å². The Balaban J connectivity index is 1.48. The van der Waals surface area contributed by atoms with E-state index in [1.807, 2.05) is 0 Å². The average molecular weight is 282 g/mol. The highest BCUT2D eigenvalue weighted by atomic mass is 16.5. The number of carbonyl (C=O) groups is 1. The molecule has 0 aliphatic carbocycles. The third-order valence-corrected chi connectivity index (χ3v) is 5.21. The Hall–Kier alpha value is -0.650. The molecule has 5 nitrogen and oxygen atoms in total. The Labute approximate surface area is 120 Å². The zero-order chi connectivity index (χ0) is 13.8. The molecule has 0 bridgehead atoms. The van der Waals surface area contributed by atoms with Crippen LogP contribution in [0.3, 0.4) is 0 Å². The number of hydrogen-bond acceptors (Lipinski definition) is 4. The van der Waals surface area contributed by atoms with Crippen molar-refractivity contribution < 1.29 is 14.3 Å². The van der Waals surface area contributed by atoms with E-state index in [1.165, 1.54) is 0 Å². The molecule has 3 fully saturated rings. The quantitative estimate of drug-likeness (QED) is 0.790. The second-order valence-corrected chi connectivity index (χ2v) is 6.43. The Morgan fingerprint density at radius 2 is 2.00 bits per heavy atom. The highest BCUT2D eigenvalue weighted by Gasteiger charge is 2.50. The summed E-state index contributed by atoms with van der Waals surface area (Å²) in [4.78, 5) is 12.6. The summed E-state index contributed by atoms with van der Waals surface area (Å²) >= 11 is 0. The van der Waals surface area contributed by atoms with Crippen molar-refractivity contribution in [1.29, 1.82) is 0 Å². The molecule has 2 N–H and O–H groups in total. The number of nitrogens with one attached hydrogen (secondary N) is 2. The van der Waals surface area contributed by atoms with Crippen molar-refractivity contribution in [3.63, 3.8) is 0 Å². The van der Waals surface area contributed by atoms with E-state index in [9.17, 15) is 4.79 Å². The summed E-state index contributed by atoms with van der Waals surface area (Å²) in [6, 6.07) is 0. The van der Waals surface area contributed by atoms with Gasteiger partial charge in [-0.1, -0.05) is 0 Å². The van der Waals surface area contributed by atoms with E-state index < -0.39 is 0 Å². The minimum atomic E-state index is -0.312. The number of amides is 1. The lowest BCUT2D eigenvalue weighted by atomic mass is 9.75. The SMILES string of the molecule is O=C(NCCC1CCOCC1)[C@]12CNC[C@H]1CCOC2. The van der Waals surface area contributed by atoms with E-state index in [2.05, 4.69) is 10.6 Å². The monoisotopic (exact) mass is 282 g/mol. The Morgan fingerprint density at radius 3 is 2.85 bits per heavy atom. The molecule has 3 rings (SSSR count). The van der Waals surface area contributed by atoms with Crippen LogP contribution in [0.15, 0.2) is 0 Å². The molecule has 0 aromatic heterocycles. The number of hydrogen-bond donors (Lipinski definition) is 2. The first-order valence-corrected chi connectivity index (χ1v) is 7.96. The highest BCUT2D eigenvalue weighted by molar-refractivity contribution is 5.84. The summed E-state index contributed by atoms with van der Waals surface area (Å²) in [5.41, 5.74) is -0.312. The molecule has 20 heavy (non-hydrogen) atoms. The number of fused-ring (bicyclic) bond motifs is 1. The normalized spacial score (nSPS) is 34.7. The Bertz CT molecular complexity index is 344. The number of rotatable bonds is 4. The smallest absolute Gasteiger partial charge is 0.230 e. The van der Waals surface area contributed by atoms with Gasteiger partial charge in [0.2, 0.25) is 5.91 Å². The summed E-state index contributed by atoms with van der Waals surface area (Å²) in [5.74, 6) is 1.35. The molecule has 3 aliphatic heterocycles. The lowest BCUT2D eigenvalue weighted by molar-refractivity contribution is -0.141. The molecule has 3 saturated heterocycles. The fourth-order valence-electron chi connectivity index (χ4n) is 3.77. The van der Waals surface area contributed by atoms with Crippen LogP contribution in [0.5, 0.6) is 0 Å². The Morgan fingerprint density at radius 1 is 1.20 bits per heavy atom. The van der Waals surface area contributed by atoms with Gasteiger partial charge in [0.25, 0.3) is 0 Å². The van der Waals surface area contributed by atoms with Gasteiger partial charge in [-0.25, -0.2) is 0 Å². The van der Waals surface area contributed by atoms with Crippen LogP contribution in [-0.2, 0) is 14.3 Å². The maximum absolute atomic E-state index is 12.6. The van der Waals surface area contributed by atoms with Gasteiger partial charge in [-0.2, -0.15) is 0 Å². The van der Waals surface area contributed by atoms with Gasteiger partial charge >= 0.3 is 0 Å². The standard InChI is InChI=1S/C15H26N2O3/c18-14(17-5-1-12-2-6-19-7-3-12)15-10-16-9-13(15)4-8-20-11-15/h12-13,16H,1-11H2,(H,17,18)/t13-,15+/m1/s1. The van der Waals surface area contributed by atoms with Crippen LogP contribution in [0.1, 0.15) is 25.7 Å². The summed E-state index contributed by atoms with van der Waals surface area (Å²) in [7, 11) is 0. The van der Waals surface area contributed by atoms with Crippen LogP contribution < -0.4 is 10.6 Å². The van der Waals surface area contributed by atoms with Gasteiger partial charge in [-0.05, 0) is 44.1 Å². The first-order chi connectivity index (χ1) is 9.81. The summed E-state index contributed by atoms with van der Waals surface area (Å²) in [6.45, 7) is 5.64. The lowest BCUT2D eigenvalue weighted by Crippen LogP contribution is -2.52. The van der Waals surface area contributed by atoms with Crippen molar-refractivity contribution in [3.05, 3.63) is 0 Å². The van der Waals surface area contributed by atoms with Gasteiger partial charge in [-0.15, -0.1) is 0 Å². The molecule has 0 saturated carbocycles. The van der Waals surface area contributed by atoms with E-state index in [4.69, 9.17) is 9.47 Å². The van der Waals surface area contributed by atoms with Crippen LogP contribution >= 0.6 is 0 Å². The molecule has 5 heteroatoms. The molecule has 0 spiro atoms. The number of carbonyl (C=O) groups excluding carboxylic acids is 1. The molecule has 0 unspecified atom stereocenters. The van der Waals surface area contributed by atoms with E-state index in [0.29, 0.717) is 18.4 Å². The molecule has 1 amide bonds. The average Bonchev–Trinajstić information content (AvgIpc) is 2.93. The molecular formula is C15H26N2O3. The summed E-state index contributed by atoms with van der Waals surface area (Å²) in [5, 5.41) is 6.53. The van der Waals surface area contributed by atoms with Gasteiger partial charge in [0.15, 0.2) is 0 Å². The lowest BCUT2D eigenvalue weighted by Gasteiger charge is -2.37. The zero-order valence-corrected chi connectivity index (χ0v) is 12.2.